The molecule has 0 atom stereocenters. The highest BCUT2D eigenvalue weighted by Crippen LogP contribution is 2.68. The van der Waals surface area contributed by atoms with Crippen molar-refractivity contribution in [3.63, 3.8) is 0 Å². The van der Waals surface area contributed by atoms with Crippen molar-refractivity contribution in [2.24, 2.45) is 0 Å². The highest BCUT2D eigenvalue weighted by Gasteiger charge is 2.40. The van der Waals surface area contributed by atoms with Gasteiger partial charge in [-0.1, -0.05) is 152 Å². The van der Waals surface area contributed by atoms with E-state index >= 15 is 0 Å². The molecular formula is C38H52N2O6S4. The number of benzene rings is 1. The van der Waals surface area contributed by atoms with Crippen LogP contribution >= 0.6 is 47.0 Å². The summed E-state index contributed by atoms with van der Waals surface area (Å²) in [6.07, 6.45) is 16.0. The molecule has 3 rings (SSSR count). The maximum atomic E-state index is 13.1. The summed E-state index contributed by atoms with van der Waals surface area (Å²) in [7, 11) is 0. The number of thioether (sulfide) groups is 4. The van der Waals surface area contributed by atoms with Gasteiger partial charge in [0.2, 0.25) is 0 Å². The lowest BCUT2D eigenvalue weighted by molar-refractivity contribution is -0.139. The topological polar surface area (TPSA) is 119 Å². The summed E-state index contributed by atoms with van der Waals surface area (Å²) >= 11 is 5.30. The average Bonchev–Trinajstić information content (AvgIpc) is 3.74. The summed E-state index contributed by atoms with van der Waals surface area (Å²) < 4.78 is 25.2. The number of hydrogen-bond acceptors (Lipinski definition) is 12. The second kappa shape index (κ2) is 24.0. The fourth-order valence-corrected chi connectivity index (χ4v) is 10.5. The normalized spacial score (nSPS) is 12.9. The zero-order chi connectivity index (χ0) is 36.1. The molecule has 0 radical (unpaired) electrons. The molecule has 50 heavy (non-hydrogen) atoms. The number of ether oxygens (including phenoxy) is 4. The summed E-state index contributed by atoms with van der Waals surface area (Å²) in [5.74, 6) is 0.00839. The van der Waals surface area contributed by atoms with Gasteiger partial charge in [-0.3, -0.25) is 0 Å². The van der Waals surface area contributed by atoms with E-state index in [1.54, 1.807) is 0 Å². The van der Waals surface area contributed by atoms with Crippen LogP contribution in [0.25, 0.3) is 0 Å². The number of nitrogens with zero attached hydrogens (tertiary/aromatic N) is 2. The third-order valence-corrected chi connectivity index (χ3v) is 13.2. The van der Waals surface area contributed by atoms with Crippen molar-refractivity contribution in [3.05, 3.63) is 19.6 Å². The third-order valence-electron chi connectivity index (χ3n) is 8.01. The predicted molar refractivity (Wildman–Crippen MR) is 205 cm³/mol. The second-order valence-electron chi connectivity index (χ2n) is 12.1. The van der Waals surface area contributed by atoms with Crippen LogP contribution < -0.4 is 9.47 Å². The van der Waals surface area contributed by atoms with Gasteiger partial charge in [-0.25, -0.2) is 9.59 Å². The smallest absolute Gasteiger partial charge is 0.350 e. The zero-order valence-corrected chi connectivity index (χ0v) is 33.4. The number of carbonyl (C=O) groups excluding carboxylic acids is 2. The van der Waals surface area contributed by atoms with E-state index < -0.39 is 11.9 Å². The van der Waals surface area contributed by atoms with Gasteiger partial charge in [-0.05, 0) is 25.7 Å². The minimum Gasteiger partial charge on any atom is -0.491 e. The van der Waals surface area contributed by atoms with Crippen LogP contribution in [0, 0.1) is 22.7 Å². The molecule has 274 valence electrons. The molecule has 12 heteroatoms. The quantitative estimate of drug-likeness (QED) is 0.0432. The van der Waals surface area contributed by atoms with Crippen LogP contribution in [-0.2, 0) is 19.1 Å². The SMILES string of the molecule is CCCCCCOC(=O)C(C#N)=C1Sc2c(OCCCCCC)c3c(c(OCCCCCC)c2S1)SC(=C(C#N)C(=O)OCCCCCC)S3. The number of nitriles is 2. The lowest BCUT2D eigenvalue weighted by atomic mass is 10.2. The Labute approximate surface area is 316 Å². The first-order valence-electron chi connectivity index (χ1n) is 18.3. The first kappa shape index (κ1) is 42.0. The minimum absolute atomic E-state index is 0.0241. The predicted octanol–water partition coefficient (Wildman–Crippen LogP) is 11.7. The molecule has 2 heterocycles. The zero-order valence-electron chi connectivity index (χ0n) is 30.1. The first-order valence-corrected chi connectivity index (χ1v) is 21.6. The Balaban J connectivity index is 2.02. The van der Waals surface area contributed by atoms with Gasteiger partial charge in [-0.2, -0.15) is 10.5 Å². The molecule has 0 amide bonds. The van der Waals surface area contributed by atoms with Crippen LogP contribution in [0.3, 0.4) is 0 Å². The van der Waals surface area contributed by atoms with Gasteiger partial charge < -0.3 is 18.9 Å². The van der Waals surface area contributed by atoms with Crippen LogP contribution in [0.5, 0.6) is 11.5 Å². The largest absolute Gasteiger partial charge is 0.491 e. The number of esters is 2. The van der Waals surface area contributed by atoms with Crippen molar-refractivity contribution in [2.45, 2.75) is 150 Å². The van der Waals surface area contributed by atoms with Crippen molar-refractivity contribution in [1.29, 1.82) is 10.5 Å². The van der Waals surface area contributed by atoms with Crippen molar-refractivity contribution >= 4 is 59.0 Å². The molecule has 0 aliphatic carbocycles. The third kappa shape index (κ3) is 12.4. The van der Waals surface area contributed by atoms with Gasteiger partial charge in [-0.15, -0.1) is 0 Å². The highest BCUT2D eigenvalue weighted by atomic mass is 32.2. The minimum atomic E-state index is -0.621. The molecule has 0 aromatic heterocycles. The van der Waals surface area contributed by atoms with Crippen LogP contribution in [0.4, 0.5) is 0 Å². The van der Waals surface area contributed by atoms with Crippen molar-refractivity contribution in [2.75, 3.05) is 26.4 Å². The molecule has 0 unspecified atom stereocenters. The van der Waals surface area contributed by atoms with Gasteiger partial charge in [0, 0.05) is 0 Å². The highest BCUT2D eigenvalue weighted by molar-refractivity contribution is 8.26. The van der Waals surface area contributed by atoms with Gasteiger partial charge in [0.05, 0.1) is 54.5 Å². The van der Waals surface area contributed by atoms with E-state index in [1.807, 2.05) is 0 Å². The van der Waals surface area contributed by atoms with Gasteiger partial charge in [0.1, 0.15) is 23.6 Å². The molecule has 1 aromatic carbocycles. The Morgan fingerprint density at radius 3 is 1.06 bits per heavy atom. The number of hydrogen-bond donors (Lipinski definition) is 0. The number of fused-ring (bicyclic) bond motifs is 2. The Hall–Kier alpha value is -2.38. The molecule has 2 aliphatic heterocycles. The molecule has 1 aromatic rings. The van der Waals surface area contributed by atoms with E-state index in [4.69, 9.17) is 18.9 Å². The Morgan fingerprint density at radius 2 is 0.780 bits per heavy atom. The van der Waals surface area contributed by atoms with E-state index in [0.29, 0.717) is 33.2 Å². The fourth-order valence-electron chi connectivity index (χ4n) is 5.16. The molecule has 0 fully saturated rings. The number of carbonyl (C=O) groups is 2. The summed E-state index contributed by atoms with van der Waals surface area (Å²) in [6, 6.07) is 4.21. The Bertz CT molecular complexity index is 1300. The standard InChI is InChI=1S/C38H52N2O6S4/c1-5-9-13-17-21-43-29-31-33(49-37(47-31)27(25-39)35(41)45-23-19-15-11-7-3)30(44-22-18-14-10-6-2)34-32(29)48-38(50-34)28(26-40)36(42)46-24-20-16-12-8-4/h5-24H2,1-4H3. The van der Waals surface area contributed by atoms with Crippen LogP contribution in [-0.4, -0.2) is 38.4 Å². The molecule has 0 N–H and O–H groups in total. The number of unbranched alkanes of at least 4 members (excludes halogenated alkanes) is 12. The van der Waals surface area contributed by atoms with E-state index in [9.17, 15) is 20.1 Å². The monoisotopic (exact) mass is 760 g/mol. The molecule has 0 bridgehead atoms. The van der Waals surface area contributed by atoms with E-state index in [-0.39, 0.29) is 24.4 Å². The molecule has 0 spiro atoms. The lowest BCUT2D eigenvalue weighted by Gasteiger charge is -2.18. The Kier molecular flexibility index (Phi) is 20.2. The van der Waals surface area contributed by atoms with Crippen molar-refractivity contribution in [1.82, 2.24) is 0 Å². The maximum absolute atomic E-state index is 13.1. The lowest BCUT2D eigenvalue weighted by Crippen LogP contribution is -2.09. The molecule has 8 nitrogen and oxygen atoms in total. The van der Waals surface area contributed by atoms with Crippen LogP contribution in [0.2, 0.25) is 0 Å². The van der Waals surface area contributed by atoms with Gasteiger partial charge in [0.15, 0.2) is 11.1 Å². The second-order valence-corrected chi connectivity index (χ2v) is 16.7. The Morgan fingerprint density at radius 1 is 0.480 bits per heavy atom. The molecular weight excluding hydrogens is 709 g/mol. The van der Waals surface area contributed by atoms with Gasteiger partial charge in [0.25, 0.3) is 0 Å². The van der Waals surface area contributed by atoms with E-state index in [2.05, 4.69) is 39.8 Å². The van der Waals surface area contributed by atoms with E-state index in [0.717, 1.165) is 122 Å². The fraction of sp³-hybridized carbons (Fsp3) is 0.632. The number of rotatable bonds is 24. The van der Waals surface area contributed by atoms with Crippen LogP contribution in [0.15, 0.2) is 39.2 Å². The molecule has 0 saturated carbocycles. The molecule has 0 saturated heterocycles. The van der Waals surface area contributed by atoms with Gasteiger partial charge >= 0.3 is 11.9 Å². The summed E-state index contributed by atoms with van der Waals surface area (Å²) in [5.41, 5.74) is -0.0482. The maximum Gasteiger partial charge on any atom is 0.350 e. The van der Waals surface area contributed by atoms with Crippen LogP contribution in [0.1, 0.15) is 130 Å². The van der Waals surface area contributed by atoms with Crippen molar-refractivity contribution in [3.8, 4) is 23.6 Å². The average molecular weight is 761 g/mol. The summed E-state index contributed by atoms with van der Waals surface area (Å²) in [4.78, 5) is 29.3. The summed E-state index contributed by atoms with van der Waals surface area (Å²) in [5, 5.41) is 20.2. The van der Waals surface area contributed by atoms with E-state index in [1.165, 1.54) is 47.0 Å². The molecule has 2 aliphatic rings. The first-order chi connectivity index (χ1) is 24.4. The van der Waals surface area contributed by atoms with Crippen molar-refractivity contribution < 1.29 is 28.5 Å². The summed E-state index contributed by atoms with van der Waals surface area (Å²) in [6.45, 7) is 10.1.